The lowest BCUT2D eigenvalue weighted by molar-refractivity contribution is -0.387. The van der Waals surface area contributed by atoms with Gasteiger partial charge in [-0.25, -0.2) is 0 Å². The lowest BCUT2D eigenvalue weighted by Crippen LogP contribution is -2.19. The maximum absolute atomic E-state index is 13.3. The van der Waals surface area contributed by atoms with Gasteiger partial charge < -0.3 is 5.32 Å². The Kier molecular flexibility index (Phi) is 4.79. The predicted octanol–water partition coefficient (Wildman–Crippen LogP) is 2.54. The van der Waals surface area contributed by atoms with Crippen molar-refractivity contribution in [3.8, 4) is 0 Å². The first-order valence-electron chi connectivity index (χ1n) is 4.96. The van der Waals surface area contributed by atoms with Gasteiger partial charge in [-0.2, -0.15) is 4.39 Å². The Labute approximate surface area is 107 Å². The third-order valence-corrected chi connectivity index (χ3v) is 2.36. The summed E-state index contributed by atoms with van der Waals surface area (Å²) >= 11 is 5.78. The molecule has 0 fully saturated rings. The molecule has 1 aromatic rings. The van der Waals surface area contributed by atoms with Crippen LogP contribution in [0.5, 0.6) is 0 Å². The summed E-state index contributed by atoms with van der Waals surface area (Å²) in [5.41, 5.74) is -0.357. The van der Waals surface area contributed by atoms with Crippen molar-refractivity contribution < 1.29 is 14.1 Å². The van der Waals surface area contributed by atoms with Gasteiger partial charge in [0.1, 0.15) is 0 Å². The Hall–Kier alpha value is -1.95. The van der Waals surface area contributed by atoms with Gasteiger partial charge in [0, 0.05) is 19.5 Å². The molecule has 0 spiro atoms. The van der Waals surface area contributed by atoms with Crippen LogP contribution in [0.15, 0.2) is 18.2 Å². The smallest absolute Gasteiger partial charge is 0.306 e. The molecule has 0 radical (unpaired) electrons. The summed E-state index contributed by atoms with van der Waals surface area (Å²) in [4.78, 5) is 20.2. The van der Waals surface area contributed by atoms with Gasteiger partial charge in [-0.1, -0.05) is 23.8 Å². The SMILES string of the molecule is CC(=O)NCC=Cc1cc(F)c([N+](=O)[O-])cc1Cl. The van der Waals surface area contributed by atoms with Crippen LogP contribution < -0.4 is 5.32 Å². The van der Waals surface area contributed by atoms with Crippen LogP contribution in [-0.2, 0) is 4.79 Å². The number of carbonyl (C=O) groups excluding carboxylic acids is 1. The molecule has 0 bridgehead atoms. The molecule has 1 aromatic carbocycles. The molecule has 0 saturated carbocycles. The lowest BCUT2D eigenvalue weighted by Gasteiger charge is -2.00. The topological polar surface area (TPSA) is 72.2 Å². The van der Waals surface area contributed by atoms with Crippen molar-refractivity contribution in [2.24, 2.45) is 0 Å². The number of nitrogens with zero attached hydrogens (tertiary/aromatic N) is 1. The molecule has 96 valence electrons. The number of halogens is 2. The van der Waals surface area contributed by atoms with E-state index in [0.717, 1.165) is 12.1 Å². The van der Waals surface area contributed by atoms with Gasteiger partial charge in [-0.3, -0.25) is 14.9 Å². The Morgan fingerprint density at radius 2 is 2.28 bits per heavy atom. The molecular formula is C11H10ClFN2O3. The molecule has 0 aromatic heterocycles. The molecule has 0 aliphatic rings. The molecule has 0 aliphatic heterocycles. The largest absolute Gasteiger partial charge is 0.353 e. The Morgan fingerprint density at radius 1 is 1.61 bits per heavy atom. The summed E-state index contributed by atoms with van der Waals surface area (Å²) in [7, 11) is 0. The summed E-state index contributed by atoms with van der Waals surface area (Å²) in [6.07, 6.45) is 3.04. The standard InChI is InChI=1S/C11H10ClFN2O3/c1-7(16)14-4-2-3-8-5-10(13)11(15(17)18)6-9(8)12/h2-3,5-6H,4H2,1H3,(H,14,16). The molecular weight excluding hydrogens is 263 g/mol. The first kappa shape index (κ1) is 14.1. The highest BCUT2D eigenvalue weighted by Gasteiger charge is 2.16. The van der Waals surface area contributed by atoms with Crippen LogP contribution in [0.25, 0.3) is 6.08 Å². The van der Waals surface area contributed by atoms with E-state index in [-0.39, 0.29) is 17.5 Å². The molecule has 0 aliphatic carbocycles. The highest BCUT2D eigenvalue weighted by atomic mass is 35.5. The molecule has 5 nitrogen and oxygen atoms in total. The molecule has 7 heteroatoms. The minimum absolute atomic E-state index is 0.0715. The van der Waals surface area contributed by atoms with Crippen molar-refractivity contribution >= 4 is 29.3 Å². The van der Waals surface area contributed by atoms with Gasteiger partial charge in [0.05, 0.1) is 9.95 Å². The van der Waals surface area contributed by atoms with Crippen molar-refractivity contribution in [1.82, 2.24) is 5.32 Å². The maximum Gasteiger partial charge on any atom is 0.306 e. The molecule has 0 unspecified atom stereocenters. The summed E-state index contributed by atoms with van der Waals surface area (Å²) in [5, 5.41) is 13.0. The quantitative estimate of drug-likeness (QED) is 0.676. The first-order valence-corrected chi connectivity index (χ1v) is 5.34. The second-order valence-corrected chi connectivity index (χ2v) is 3.83. The van der Waals surface area contributed by atoms with Crippen LogP contribution in [0.3, 0.4) is 0 Å². The van der Waals surface area contributed by atoms with Crippen molar-refractivity contribution in [3.05, 3.63) is 44.7 Å². The normalized spacial score (nSPS) is 10.6. The Balaban J connectivity index is 2.88. The van der Waals surface area contributed by atoms with Crippen LogP contribution in [-0.4, -0.2) is 17.4 Å². The van der Waals surface area contributed by atoms with Crippen molar-refractivity contribution in [2.45, 2.75) is 6.92 Å². The van der Waals surface area contributed by atoms with Gasteiger partial charge in [0.25, 0.3) is 0 Å². The monoisotopic (exact) mass is 272 g/mol. The Bertz CT molecular complexity index is 517. The number of rotatable bonds is 4. The molecule has 1 N–H and O–H groups in total. The second kappa shape index (κ2) is 6.11. The number of nitrogens with one attached hydrogen (secondary N) is 1. The average molecular weight is 273 g/mol. The highest BCUT2D eigenvalue weighted by molar-refractivity contribution is 6.32. The zero-order chi connectivity index (χ0) is 13.7. The van der Waals surface area contributed by atoms with Crippen LogP contribution in [0.2, 0.25) is 5.02 Å². The fraction of sp³-hybridized carbons (Fsp3) is 0.182. The molecule has 1 rings (SSSR count). The van der Waals surface area contributed by atoms with E-state index >= 15 is 0 Å². The van der Waals surface area contributed by atoms with E-state index in [1.807, 2.05) is 0 Å². The van der Waals surface area contributed by atoms with Gasteiger partial charge in [0.15, 0.2) is 0 Å². The van der Waals surface area contributed by atoms with E-state index in [0.29, 0.717) is 5.56 Å². The minimum Gasteiger partial charge on any atom is -0.353 e. The van der Waals surface area contributed by atoms with Gasteiger partial charge in [-0.15, -0.1) is 0 Å². The van der Waals surface area contributed by atoms with E-state index in [2.05, 4.69) is 5.32 Å². The molecule has 0 heterocycles. The third kappa shape index (κ3) is 3.81. The number of carbonyl (C=O) groups is 1. The molecule has 18 heavy (non-hydrogen) atoms. The number of amides is 1. The minimum atomic E-state index is -0.955. The maximum atomic E-state index is 13.3. The fourth-order valence-corrected chi connectivity index (χ4v) is 1.43. The number of benzene rings is 1. The third-order valence-electron chi connectivity index (χ3n) is 2.03. The molecule has 1 amide bonds. The van der Waals surface area contributed by atoms with Gasteiger partial charge in [-0.05, 0) is 11.6 Å². The van der Waals surface area contributed by atoms with Gasteiger partial charge >= 0.3 is 5.69 Å². The zero-order valence-corrected chi connectivity index (χ0v) is 10.2. The number of nitro groups is 1. The predicted molar refractivity (Wildman–Crippen MR) is 65.8 cm³/mol. The van der Waals surface area contributed by atoms with Crippen LogP contribution in [0, 0.1) is 15.9 Å². The second-order valence-electron chi connectivity index (χ2n) is 3.42. The van der Waals surface area contributed by atoms with E-state index in [1.54, 1.807) is 6.08 Å². The van der Waals surface area contributed by atoms with Gasteiger partial charge in [0.2, 0.25) is 11.7 Å². The van der Waals surface area contributed by atoms with Crippen molar-refractivity contribution in [2.75, 3.05) is 6.54 Å². The van der Waals surface area contributed by atoms with E-state index in [4.69, 9.17) is 11.6 Å². The number of hydrogen-bond acceptors (Lipinski definition) is 3. The van der Waals surface area contributed by atoms with Crippen molar-refractivity contribution in [3.63, 3.8) is 0 Å². The van der Waals surface area contributed by atoms with Crippen LogP contribution in [0.4, 0.5) is 10.1 Å². The Morgan fingerprint density at radius 3 is 2.83 bits per heavy atom. The van der Waals surface area contributed by atoms with E-state index in [9.17, 15) is 19.3 Å². The van der Waals surface area contributed by atoms with E-state index < -0.39 is 16.4 Å². The first-order chi connectivity index (χ1) is 8.41. The lowest BCUT2D eigenvalue weighted by atomic mass is 10.2. The van der Waals surface area contributed by atoms with E-state index in [1.165, 1.54) is 13.0 Å². The summed E-state index contributed by atoms with van der Waals surface area (Å²) in [5.74, 6) is -1.15. The number of hydrogen-bond donors (Lipinski definition) is 1. The molecule has 0 atom stereocenters. The molecule has 0 saturated heterocycles. The zero-order valence-electron chi connectivity index (χ0n) is 9.44. The summed E-state index contributed by atoms with van der Waals surface area (Å²) in [6, 6.07) is 1.93. The number of nitro benzene ring substituents is 1. The van der Waals surface area contributed by atoms with Crippen LogP contribution in [0.1, 0.15) is 12.5 Å². The van der Waals surface area contributed by atoms with Crippen molar-refractivity contribution in [1.29, 1.82) is 0 Å². The van der Waals surface area contributed by atoms with Crippen LogP contribution >= 0.6 is 11.6 Å². The fourth-order valence-electron chi connectivity index (χ4n) is 1.21. The highest BCUT2D eigenvalue weighted by Crippen LogP contribution is 2.26. The summed E-state index contributed by atoms with van der Waals surface area (Å²) < 4.78 is 13.3. The average Bonchev–Trinajstić information content (AvgIpc) is 2.27. The summed E-state index contributed by atoms with van der Waals surface area (Å²) in [6.45, 7) is 1.64.